The topological polar surface area (TPSA) is 138 Å². The van der Waals surface area contributed by atoms with Crippen LogP contribution in [0.1, 0.15) is 16.2 Å². The Morgan fingerprint density at radius 1 is 0.897 bits per heavy atom. The minimum atomic E-state index is -0.250. The first-order valence-electron chi connectivity index (χ1n) is 12.2. The van der Waals surface area contributed by atoms with E-state index in [1.54, 1.807) is 50.7 Å². The predicted molar refractivity (Wildman–Crippen MR) is 147 cm³/mol. The van der Waals surface area contributed by atoms with Crippen LogP contribution in [0.15, 0.2) is 72.9 Å². The summed E-state index contributed by atoms with van der Waals surface area (Å²) in [5.41, 5.74) is 5.54. The van der Waals surface area contributed by atoms with E-state index < -0.39 is 0 Å². The maximum atomic E-state index is 12.9. The number of methoxy groups -OCH3 is 2. The van der Waals surface area contributed by atoms with E-state index in [0.29, 0.717) is 39.7 Å². The molecule has 0 atom stereocenters. The average molecular weight is 521 g/mol. The predicted octanol–water partition coefficient (Wildman–Crippen LogP) is 4.82. The number of H-pyrrole nitrogens is 2. The molecule has 3 heterocycles. The zero-order chi connectivity index (χ0) is 26.9. The number of aromatic hydroxyl groups is 1. The van der Waals surface area contributed by atoms with Crippen molar-refractivity contribution in [3.05, 3.63) is 84.3 Å². The van der Waals surface area contributed by atoms with Crippen molar-refractivity contribution in [2.24, 2.45) is 0 Å². The fourth-order valence-corrected chi connectivity index (χ4v) is 4.46. The molecule has 4 N–H and O–H groups in total. The molecule has 6 rings (SSSR count). The third-order valence-electron chi connectivity index (χ3n) is 6.43. The summed E-state index contributed by atoms with van der Waals surface area (Å²) in [4.78, 5) is 32.7. The van der Waals surface area contributed by atoms with Gasteiger partial charge < -0.3 is 29.9 Å². The van der Waals surface area contributed by atoms with Crippen molar-refractivity contribution in [2.45, 2.75) is 6.54 Å². The van der Waals surface area contributed by atoms with Gasteiger partial charge in [-0.25, -0.2) is 15.0 Å². The van der Waals surface area contributed by atoms with Crippen LogP contribution in [0.4, 0.5) is 0 Å². The average Bonchev–Trinajstić information content (AvgIpc) is 3.59. The summed E-state index contributed by atoms with van der Waals surface area (Å²) in [5, 5.41) is 13.5. The van der Waals surface area contributed by atoms with Crippen LogP contribution in [0, 0.1) is 0 Å². The first-order chi connectivity index (χ1) is 19.0. The van der Waals surface area contributed by atoms with Gasteiger partial charge in [-0.3, -0.25) is 4.79 Å². The maximum Gasteiger partial charge on any atom is 0.251 e. The third-order valence-corrected chi connectivity index (χ3v) is 6.43. The van der Waals surface area contributed by atoms with Crippen molar-refractivity contribution >= 4 is 28.0 Å². The van der Waals surface area contributed by atoms with E-state index in [4.69, 9.17) is 9.47 Å². The molecule has 0 fully saturated rings. The molecule has 10 nitrogen and oxygen atoms in total. The molecule has 1 amide bonds. The largest absolute Gasteiger partial charge is 0.507 e. The maximum absolute atomic E-state index is 12.9. The smallest absolute Gasteiger partial charge is 0.251 e. The second-order valence-corrected chi connectivity index (χ2v) is 8.86. The molecule has 3 aromatic heterocycles. The second kappa shape index (κ2) is 9.82. The number of aromatic amines is 2. The van der Waals surface area contributed by atoms with Crippen molar-refractivity contribution < 1.29 is 19.4 Å². The van der Waals surface area contributed by atoms with E-state index in [-0.39, 0.29) is 18.2 Å². The molecule has 0 spiro atoms. The molecule has 39 heavy (non-hydrogen) atoms. The SMILES string of the molecule is COc1ccc2nc(CNC(=O)c3ccc4nc(-c5cc(-c6cccnc6OC)ccc5O)[nH]c4c3)[nH]c2c1. The summed E-state index contributed by atoms with van der Waals surface area (Å²) in [6.45, 7) is 0.237. The summed E-state index contributed by atoms with van der Waals surface area (Å²) < 4.78 is 10.6. The summed E-state index contributed by atoms with van der Waals surface area (Å²) >= 11 is 0. The van der Waals surface area contributed by atoms with E-state index in [1.165, 1.54) is 0 Å². The lowest BCUT2D eigenvalue weighted by molar-refractivity contribution is 0.0950. The highest BCUT2D eigenvalue weighted by Crippen LogP contribution is 2.35. The van der Waals surface area contributed by atoms with E-state index in [2.05, 4.69) is 30.2 Å². The molecule has 6 aromatic rings. The van der Waals surface area contributed by atoms with Crippen LogP contribution < -0.4 is 14.8 Å². The van der Waals surface area contributed by atoms with Gasteiger partial charge in [0.05, 0.1) is 48.4 Å². The van der Waals surface area contributed by atoms with E-state index in [9.17, 15) is 9.90 Å². The second-order valence-electron chi connectivity index (χ2n) is 8.86. The number of ether oxygens (including phenoxy) is 2. The van der Waals surface area contributed by atoms with Gasteiger partial charge in [-0.1, -0.05) is 6.07 Å². The number of benzene rings is 3. The highest BCUT2D eigenvalue weighted by Gasteiger charge is 2.15. The van der Waals surface area contributed by atoms with Crippen molar-refractivity contribution in [1.29, 1.82) is 0 Å². The Morgan fingerprint density at radius 2 is 1.72 bits per heavy atom. The molecule has 0 aliphatic heterocycles. The van der Waals surface area contributed by atoms with Crippen molar-refractivity contribution in [3.63, 3.8) is 0 Å². The number of imidazole rings is 2. The summed E-state index contributed by atoms with van der Waals surface area (Å²) in [5.74, 6) is 2.14. The number of amides is 1. The molecular weight excluding hydrogens is 496 g/mol. The van der Waals surface area contributed by atoms with Crippen LogP contribution in [0.2, 0.25) is 0 Å². The minimum Gasteiger partial charge on any atom is -0.507 e. The van der Waals surface area contributed by atoms with Crippen LogP contribution in [0.5, 0.6) is 17.4 Å². The van der Waals surface area contributed by atoms with Crippen molar-refractivity contribution in [2.75, 3.05) is 14.2 Å². The monoisotopic (exact) mass is 520 g/mol. The number of pyridine rings is 1. The molecule has 0 unspecified atom stereocenters. The van der Waals surface area contributed by atoms with Gasteiger partial charge in [-0.15, -0.1) is 0 Å². The molecule has 0 radical (unpaired) electrons. The lowest BCUT2D eigenvalue weighted by atomic mass is 10.0. The quantitative estimate of drug-likeness (QED) is 0.237. The molecule has 0 aliphatic rings. The van der Waals surface area contributed by atoms with Gasteiger partial charge in [0, 0.05) is 23.4 Å². The van der Waals surface area contributed by atoms with E-state index >= 15 is 0 Å². The number of hydrogen-bond donors (Lipinski definition) is 4. The number of phenols is 1. The summed E-state index contributed by atoms with van der Waals surface area (Å²) in [6, 6.07) is 19.7. The summed E-state index contributed by atoms with van der Waals surface area (Å²) in [7, 11) is 3.17. The van der Waals surface area contributed by atoms with Gasteiger partial charge >= 0.3 is 0 Å². The Hall–Kier alpha value is -5.38. The first-order valence-corrected chi connectivity index (χ1v) is 12.2. The van der Waals surface area contributed by atoms with Crippen LogP contribution in [-0.2, 0) is 6.54 Å². The third kappa shape index (κ3) is 4.59. The highest BCUT2D eigenvalue weighted by atomic mass is 16.5. The van der Waals surface area contributed by atoms with Crippen LogP contribution >= 0.6 is 0 Å². The molecule has 10 heteroatoms. The van der Waals surface area contributed by atoms with Crippen LogP contribution in [-0.4, -0.2) is 50.2 Å². The van der Waals surface area contributed by atoms with Gasteiger partial charge in [0.1, 0.15) is 23.1 Å². The zero-order valence-electron chi connectivity index (χ0n) is 21.1. The fraction of sp³-hybridized carbons (Fsp3) is 0.103. The number of nitrogens with zero attached hydrogens (tertiary/aromatic N) is 3. The van der Waals surface area contributed by atoms with Crippen LogP contribution in [0.25, 0.3) is 44.6 Å². The van der Waals surface area contributed by atoms with Gasteiger partial charge in [0.25, 0.3) is 5.91 Å². The number of aromatic nitrogens is 5. The number of nitrogens with one attached hydrogen (secondary N) is 3. The Morgan fingerprint density at radius 3 is 2.56 bits per heavy atom. The minimum absolute atomic E-state index is 0.0714. The fourth-order valence-electron chi connectivity index (χ4n) is 4.46. The van der Waals surface area contributed by atoms with Gasteiger partial charge in [-0.05, 0) is 60.2 Å². The number of carbonyl (C=O) groups excluding carboxylic acids is 1. The number of hydrogen-bond acceptors (Lipinski definition) is 7. The number of fused-ring (bicyclic) bond motifs is 2. The van der Waals surface area contributed by atoms with Crippen LogP contribution in [0.3, 0.4) is 0 Å². The van der Waals surface area contributed by atoms with Gasteiger partial charge in [0.2, 0.25) is 5.88 Å². The normalized spacial score (nSPS) is 11.1. The molecule has 0 saturated carbocycles. The van der Waals surface area contributed by atoms with Crippen molar-refractivity contribution in [1.82, 2.24) is 30.2 Å². The molecule has 0 aliphatic carbocycles. The molecule has 0 saturated heterocycles. The van der Waals surface area contributed by atoms with E-state index in [1.807, 2.05) is 36.4 Å². The number of phenolic OH excluding ortho intramolecular Hbond substituents is 1. The molecule has 194 valence electrons. The Kier molecular flexibility index (Phi) is 6.04. The Labute approximate surface area is 222 Å². The summed E-state index contributed by atoms with van der Waals surface area (Å²) in [6.07, 6.45) is 1.66. The molecule has 0 bridgehead atoms. The first kappa shape index (κ1) is 24.0. The standard InChI is InChI=1S/C29H24N6O4/c1-38-18-7-9-21-24(14-18)33-26(32-21)15-31-28(37)17-5-8-22-23(13-17)35-27(34-22)20-12-16(6-10-25(20)36)19-4-3-11-30-29(19)39-2/h3-14,36H,15H2,1-2H3,(H,31,37)(H,32,33)(H,34,35). The number of carbonyl (C=O) groups is 1. The molecular formula is C29H24N6O4. The van der Waals surface area contributed by atoms with Gasteiger partial charge in [-0.2, -0.15) is 0 Å². The lowest BCUT2D eigenvalue weighted by Crippen LogP contribution is -2.23. The zero-order valence-corrected chi connectivity index (χ0v) is 21.1. The molecule has 3 aromatic carbocycles. The van der Waals surface area contributed by atoms with Gasteiger partial charge in [0.15, 0.2) is 0 Å². The number of rotatable bonds is 7. The highest BCUT2D eigenvalue weighted by molar-refractivity contribution is 5.97. The lowest BCUT2D eigenvalue weighted by Gasteiger charge is -2.09. The van der Waals surface area contributed by atoms with Crippen molar-refractivity contribution in [3.8, 4) is 39.9 Å². The van der Waals surface area contributed by atoms with E-state index in [0.717, 1.165) is 27.9 Å². The Balaban J connectivity index is 1.24. The Bertz CT molecular complexity index is 1840.